The van der Waals surface area contributed by atoms with Gasteiger partial charge in [-0.2, -0.15) is 5.10 Å². The number of hydrogen-bond donors (Lipinski definition) is 2. The van der Waals surface area contributed by atoms with Crippen LogP contribution in [0.15, 0.2) is 53.6 Å². The summed E-state index contributed by atoms with van der Waals surface area (Å²) in [5.41, 5.74) is 3.32. The Labute approximate surface area is 189 Å². The fourth-order valence-corrected chi connectivity index (χ4v) is 4.91. The van der Waals surface area contributed by atoms with Crippen LogP contribution in [0.1, 0.15) is 18.9 Å². The Bertz CT molecular complexity index is 1400. The molecule has 2 unspecified atom stereocenters. The zero-order valence-corrected chi connectivity index (χ0v) is 18.2. The van der Waals surface area contributed by atoms with E-state index < -0.39 is 0 Å². The number of morpholine rings is 1. The van der Waals surface area contributed by atoms with Crippen molar-refractivity contribution in [3.05, 3.63) is 59.1 Å². The van der Waals surface area contributed by atoms with E-state index in [0.29, 0.717) is 23.3 Å². The summed E-state index contributed by atoms with van der Waals surface area (Å²) >= 11 is 0. The van der Waals surface area contributed by atoms with Gasteiger partial charge in [-0.3, -0.25) is 4.79 Å². The minimum absolute atomic E-state index is 0.0837. The Morgan fingerprint density at radius 1 is 1.06 bits per heavy atom. The monoisotopic (exact) mass is 444 g/mol. The number of fused-ring (bicyclic) bond motifs is 3. The van der Waals surface area contributed by atoms with Gasteiger partial charge in [0.2, 0.25) is 0 Å². The first-order valence-corrected chi connectivity index (χ1v) is 11.1. The SMILES string of the molecule is Cn1ccc(-c2ccc(-c3cc4cnn(C5CC6COCC(C5)N6)c4nn3)c(O)c2)cc1=O. The Balaban J connectivity index is 1.31. The van der Waals surface area contributed by atoms with Gasteiger partial charge in [-0.25, -0.2) is 4.68 Å². The molecular weight excluding hydrogens is 420 g/mol. The smallest absolute Gasteiger partial charge is 0.250 e. The van der Waals surface area contributed by atoms with Crippen LogP contribution in [0.25, 0.3) is 33.4 Å². The number of rotatable bonds is 3. The molecule has 0 amide bonds. The fourth-order valence-electron chi connectivity index (χ4n) is 4.91. The molecule has 2 saturated heterocycles. The van der Waals surface area contributed by atoms with E-state index in [1.165, 1.54) is 4.57 Å². The number of benzene rings is 1. The molecule has 0 aliphatic carbocycles. The van der Waals surface area contributed by atoms with Crippen LogP contribution in [0, 0.1) is 0 Å². The largest absolute Gasteiger partial charge is 0.507 e. The van der Waals surface area contributed by atoms with Crippen molar-refractivity contribution in [1.82, 2.24) is 29.9 Å². The average Bonchev–Trinajstić information content (AvgIpc) is 3.24. The molecule has 3 aromatic heterocycles. The highest BCUT2D eigenvalue weighted by Crippen LogP contribution is 2.34. The molecule has 1 aromatic carbocycles. The standard InChI is InChI=1S/C24H24N6O3/c1-29-5-4-15(8-23(29)32)14-2-3-20(22(31)7-14)21-6-16-11-25-30(24(16)28-27-21)19-9-17-12-33-13-18(10-19)26-17/h2-8,11,17-19,26,31H,9-10,12-13H2,1H3. The van der Waals surface area contributed by atoms with E-state index in [-0.39, 0.29) is 17.4 Å². The number of nitrogens with zero attached hydrogens (tertiary/aromatic N) is 5. The third-order valence-electron chi connectivity index (χ3n) is 6.62. The van der Waals surface area contributed by atoms with Crippen molar-refractivity contribution in [3.8, 4) is 28.1 Å². The highest BCUT2D eigenvalue weighted by Gasteiger charge is 2.33. The van der Waals surface area contributed by atoms with Crippen LogP contribution in [0.4, 0.5) is 0 Å². The quantitative estimate of drug-likeness (QED) is 0.499. The molecule has 2 bridgehead atoms. The first kappa shape index (κ1) is 20.1. The van der Waals surface area contributed by atoms with E-state index in [4.69, 9.17) is 4.74 Å². The van der Waals surface area contributed by atoms with Crippen molar-refractivity contribution < 1.29 is 9.84 Å². The van der Waals surface area contributed by atoms with E-state index in [1.807, 2.05) is 29.1 Å². The number of phenolic OH excluding ortho intramolecular Hbond substituents is 1. The molecule has 2 atom stereocenters. The van der Waals surface area contributed by atoms with Gasteiger partial charge in [0.25, 0.3) is 5.56 Å². The first-order chi connectivity index (χ1) is 16.0. The average molecular weight is 444 g/mol. The Morgan fingerprint density at radius 2 is 1.85 bits per heavy atom. The van der Waals surface area contributed by atoms with Gasteiger partial charge in [-0.15, -0.1) is 10.2 Å². The maximum absolute atomic E-state index is 11.9. The lowest BCUT2D eigenvalue weighted by Crippen LogP contribution is -2.54. The van der Waals surface area contributed by atoms with Crippen LogP contribution in [0.2, 0.25) is 0 Å². The molecule has 2 aliphatic heterocycles. The molecule has 5 heterocycles. The maximum Gasteiger partial charge on any atom is 0.250 e. The molecule has 2 N–H and O–H groups in total. The summed E-state index contributed by atoms with van der Waals surface area (Å²) in [5.74, 6) is 0.0837. The molecule has 0 radical (unpaired) electrons. The highest BCUT2D eigenvalue weighted by atomic mass is 16.5. The van der Waals surface area contributed by atoms with Crippen LogP contribution in [0.3, 0.4) is 0 Å². The second kappa shape index (κ2) is 7.79. The number of pyridine rings is 1. The lowest BCUT2D eigenvalue weighted by Gasteiger charge is -2.40. The second-order valence-corrected chi connectivity index (χ2v) is 8.92. The van der Waals surface area contributed by atoms with Gasteiger partial charge in [-0.05, 0) is 48.2 Å². The van der Waals surface area contributed by atoms with Gasteiger partial charge in [-0.1, -0.05) is 6.07 Å². The molecule has 9 nitrogen and oxygen atoms in total. The number of aromatic nitrogens is 5. The van der Waals surface area contributed by atoms with Crippen LogP contribution in [0.5, 0.6) is 5.75 Å². The van der Waals surface area contributed by atoms with Gasteiger partial charge in [0.05, 0.1) is 31.1 Å². The summed E-state index contributed by atoms with van der Waals surface area (Å²) in [6, 6.07) is 11.6. The molecular formula is C24H24N6O3. The number of nitrogens with one attached hydrogen (secondary N) is 1. The van der Waals surface area contributed by atoms with E-state index in [0.717, 1.165) is 48.2 Å². The van der Waals surface area contributed by atoms with E-state index in [2.05, 4.69) is 20.6 Å². The lowest BCUT2D eigenvalue weighted by atomic mass is 9.93. The number of aromatic hydroxyl groups is 1. The molecule has 2 aliphatic rings. The molecule has 4 aromatic rings. The number of aryl methyl sites for hydroxylation is 1. The van der Waals surface area contributed by atoms with Crippen molar-refractivity contribution in [2.75, 3.05) is 13.2 Å². The van der Waals surface area contributed by atoms with E-state index in [1.54, 1.807) is 31.4 Å². The van der Waals surface area contributed by atoms with E-state index >= 15 is 0 Å². The van der Waals surface area contributed by atoms with Crippen LogP contribution < -0.4 is 10.9 Å². The molecule has 0 spiro atoms. The van der Waals surface area contributed by atoms with E-state index in [9.17, 15) is 9.90 Å². The minimum Gasteiger partial charge on any atom is -0.507 e. The summed E-state index contributed by atoms with van der Waals surface area (Å²) in [6.45, 7) is 1.46. The van der Waals surface area contributed by atoms with Crippen molar-refractivity contribution >= 4 is 11.0 Å². The van der Waals surface area contributed by atoms with Crippen LogP contribution in [-0.2, 0) is 11.8 Å². The zero-order valence-electron chi connectivity index (χ0n) is 18.2. The van der Waals surface area contributed by atoms with Crippen LogP contribution in [-0.4, -0.2) is 54.9 Å². The predicted octanol–water partition coefficient (Wildman–Crippen LogP) is 2.26. The van der Waals surface area contributed by atoms with Gasteiger partial charge >= 0.3 is 0 Å². The Kier molecular flexibility index (Phi) is 4.74. The summed E-state index contributed by atoms with van der Waals surface area (Å²) in [4.78, 5) is 11.9. The normalized spacial score (nSPS) is 22.5. The Morgan fingerprint density at radius 3 is 2.61 bits per heavy atom. The Hall–Kier alpha value is -3.56. The predicted molar refractivity (Wildman–Crippen MR) is 123 cm³/mol. The van der Waals surface area contributed by atoms with Crippen LogP contribution >= 0.6 is 0 Å². The zero-order chi connectivity index (χ0) is 22.5. The summed E-state index contributed by atoms with van der Waals surface area (Å²) < 4.78 is 9.14. The first-order valence-electron chi connectivity index (χ1n) is 11.1. The van der Waals surface area contributed by atoms with Crippen molar-refractivity contribution in [1.29, 1.82) is 0 Å². The number of phenols is 1. The minimum atomic E-state index is -0.103. The number of piperidine rings is 1. The second-order valence-electron chi connectivity index (χ2n) is 8.92. The van der Waals surface area contributed by atoms with Gasteiger partial charge in [0, 0.05) is 42.3 Å². The third-order valence-corrected chi connectivity index (χ3v) is 6.62. The third kappa shape index (κ3) is 3.59. The number of hydrogen-bond acceptors (Lipinski definition) is 7. The molecule has 168 valence electrons. The topological polar surface area (TPSA) is 107 Å². The molecule has 2 fully saturated rings. The van der Waals surface area contributed by atoms with Crippen molar-refractivity contribution in [2.24, 2.45) is 7.05 Å². The highest BCUT2D eigenvalue weighted by molar-refractivity contribution is 5.81. The lowest BCUT2D eigenvalue weighted by molar-refractivity contribution is 0.00905. The molecule has 6 rings (SSSR count). The molecule has 9 heteroatoms. The molecule has 0 saturated carbocycles. The number of ether oxygens (including phenoxy) is 1. The summed E-state index contributed by atoms with van der Waals surface area (Å²) in [5, 5.41) is 28.7. The van der Waals surface area contributed by atoms with Gasteiger partial charge in [0.15, 0.2) is 5.65 Å². The summed E-state index contributed by atoms with van der Waals surface area (Å²) in [7, 11) is 1.70. The summed E-state index contributed by atoms with van der Waals surface area (Å²) in [6.07, 6.45) is 5.42. The van der Waals surface area contributed by atoms with Gasteiger partial charge < -0.3 is 19.7 Å². The fraction of sp³-hybridized carbons (Fsp3) is 0.333. The van der Waals surface area contributed by atoms with Crippen molar-refractivity contribution in [3.63, 3.8) is 0 Å². The maximum atomic E-state index is 11.9. The van der Waals surface area contributed by atoms with Gasteiger partial charge in [0.1, 0.15) is 5.75 Å². The molecule has 33 heavy (non-hydrogen) atoms. The van der Waals surface area contributed by atoms with Crippen molar-refractivity contribution in [2.45, 2.75) is 31.0 Å².